The molecule has 0 spiro atoms. The standard InChI is InChI=1S/C21H42ClNO8/c1-4-8-25-10-12-27-14-16-29-18-19-30-17-15-28-13-11-26-9-7-23-20(24)31-21(2,3)5-6-22/h4-19H2,1-3H3,(H,23,24). The van der Waals surface area contributed by atoms with Gasteiger partial charge in [0.15, 0.2) is 0 Å². The number of halogens is 1. The zero-order chi connectivity index (χ0) is 23.0. The molecule has 0 atom stereocenters. The topological polar surface area (TPSA) is 93.7 Å². The summed E-state index contributed by atoms with van der Waals surface area (Å²) in [4.78, 5) is 11.6. The van der Waals surface area contributed by atoms with E-state index in [1.165, 1.54) is 0 Å². The fourth-order valence-corrected chi connectivity index (χ4v) is 2.59. The number of hydrogen-bond acceptors (Lipinski definition) is 8. The van der Waals surface area contributed by atoms with E-state index in [2.05, 4.69) is 12.2 Å². The normalized spacial score (nSPS) is 11.6. The Hall–Kier alpha value is -0.680. The smallest absolute Gasteiger partial charge is 0.407 e. The van der Waals surface area contributed by atoms with Crippen molar-refractivity contribution in [3.8, 4) is 0 Å². The molecule has 1 N–H and O–H groups in total. The molecule has 10 heteroatoms. The zero-order valence-electron chi connectivity index (χ0n) is 19.5. The maximum absolute atomic E-state index is 11.6. The van der Waals surface area contributed by atoms with Crippen LogP contribution in [0.2, 0.25) is 0 Å². The summed E-state index contributed by atoms with van der Waals surface area (Å²) in [7, 11) is 0. The van der Waals surface area contributed by atoms with Crippen molar-refractivity contribution < 1.29 is 38.0 Å². The number of carbonyl (C=O) groups is 1. The Bertz CT molecular complexity index is 402. The highest BCUT2D eigenvalue weighted by molar-refractivity contribution is 6.17. The molecule has 0 unspecified atom stereocenters. The minimum atomic E-state index is -0.577. The third-order valence-corrected chi connectivity index (χ3v) is 3.98. The highest BCUT2D eigenvalue weighted by Gasteiger charge is 2.21. The SMILES string of the molecule is CCCOCCOCCOCCOCCOCCOCCNC(=O)OC(C)(C)CCCl. The lowest BCUT2D eigenvalue weighted by molar-refractivity contribution is -0.0166. The summed E-state index contributed by atoms with van der Waals surface area (Å²) in [6.07, 6.45) is 1.14. The summed E-state index contributed by atoms with van der Waals surface area (Å²) < 4.78 is 37.6. The molecule has 0 aliphatic heterocycles. The first-order valence-corrected chi connectivity index (χ1v) is 11.5. The number of hydrogen-bond donors (Lipinski definition) is 1. The number of nitrogens with one attached hydrogen (secondary N) is 1. The summed E-state index contributed by atoms with van der Waals surface area (Å²) in [6.45, 7) is 12.5. The van der Waals surface area contributed by atoms with Crippen LogP contribution in [-0.4, -0.2) is 103 Å². The Labute approximate surface area is 192 Å². The van der Waals surface area contributed by atoms with Crippen LogP contribution in [0, 0.1) is 0 Å². The Morgan fingerprint density at radius 3 is 1.48 bits per heavy atom. The maximum atomic E-state index is 11.6. The van der Waals surface area contributed by atoms with Crippen molar-refractivity contribution in [2.24, 2.45) is 0 Å². The molecule has 1 amide bonds. The molecule has 0 heterocycles. The molecular weight excluding hydrogens is 430 g/mol. The van der Waals surface area contributed by atoms with Crippen LogP contribution < -0.4 is 5.32 Å². The lowest BCUT2D eigenvalue weighted by atomic mass is 10.1. The van der Waals surface area contributed by atoms with Crippen LogP contribution >= 0.6 is 11.6 Å². The predicted octanol–water partition coefficient (Wildman–Crippen LogP) is 2.63. The summed E-state index contributed by atoms with van der Waals surface area (Å²) in [5.74, 6) is 0.438. The second-order valence-electron chi connectivity index (χ2n) is 7.19. The van der Waals surface area contributed by atoms with Gasteiger partial charge < -0.3 is 38.5 Å². The second kappa shape index (κ2) is 22.5. The van der Waals surface area contributed by atoms with Crippen LogP contribution in [0.3, 0.4) is 0 Å². The number of amides is 1. The molecule has 0 aliphatic rings. The molecule has 0 saturated heterocycles. The van der Waals surface area contributed by atoms with Crippen molar-refractivity contribution in [2.75, 3.05) is 91.7 Å². The van der Waals surface area contributed by atoms with Gasteiger partial charge in [-0.2, -0.15) is 0 Å². The molecule has 0 saturated carbocycles. The number of ether oxygens (including phenoxy) is 7. The van der Waals surface area contributed by atoms with Crippen LogP contribution in [0.5, 0.6) is 0 Å². The van der Waals surface area contributed by atoms with E-state index >= 15 is 0 Å². The van der Waals surface area contributed by atoms with Gasteiger partial charge in [-0.15, -0.1) is 11.6 Å². The van der Waals surface area contributed by atoms with Gasteiger partial charge in [-0.25, -0.2) is 4.79 Å². The van der Waals surface area contributed by atoms with E-state index in [1.807, 2.05) is 13.8 Å². The quantitative estimate of drug-likeness (QED) is 0.179. The second-order valence-corrected chi connectivity index (χ2v) is 7.57. The molecule has 0 fully saturated rings. The van der Waals surface area contributed by atoms with Crippen molar-refractivity contribution in [2.45, 2.75) is 39.2 Å². The molecule has 186 valence electrons. The molecule has 0 bridgehead atoms. The molecule has 0 aromatic rings. The van der Waals surface area contributed by atoms with E-state index in [-0.39, 0.29) is 0 Å². The van der Waals surface area contributed by atoms with E-state index in [9.17, 15) is 4.79 Å². The largest absolute Gasteiger partial charge is 0.443 e. The molecular formula is C21H42ClNO8. The van der Waals surface area contributed by atoms with Gasteiger partial charge in [-0.1, -0.05) is 6.92 Å². The Morgan fingerprint density at radius 2 is 1.10 bits per heavy atom. The first-order chi connectivity index (χ1) is 15.0. The Balaban J connectivity index is 3.19. The highest BCUT2D eigenvalue weighted by atomic mass is 35.5. The fraction of sp³-hybridized carbons (Fsp3) is 0.952. The van der Waals surface area contributed by atoms with E-state index in [0.717, 1.165) is 13.0 Å². The van der Waals surface area contributed by atoms with Gasteiger partial charge in [0.2, 0.25) is 0 Å². The molecule has 0 rings (SSSR count). The van der Waals surface area contributed by atoms with Crippen molar-refractivity contribution in [1.82, 2.24) is 5.32 Å². The maximum Gasteiger partial charge on any atom is 0.407 e. The monoisotopic (exact) mass is 471 g/mol. The van der Waals surface area contributed by atoms with E-state index in [1.54, 1.807) is 0 Å². The fourth-order valence-electron chi connectivity index (χ4n) is 2.14. The van der Waals surface area contributed by atoms with Crippen LogP contribution in [-0.2, 0) is 33.2 Å². The van der Waals surface area contributed by atoms with Gasteiger partial charge in [-0.3, -0.25) is 0 Å². The van der Waals surface area contributed by atoms with Crippen molar-refractivity contribution >= 4 is 17.7 Å². The molecule has 0 aromatic heterocycles. The molecule has 9 nitrogen and oxygen atoms in total. The third-order valence-electron chi connectivity index (χ3n) is 3.79. The van der Waals surface area contributed by atoms with Gasteiger partial charge in [0.25, 0.3) is 0 Å². The molecule has 0 aromatic carbocycles. The summed E-state index contributed by atoms with van der Waals surface area (Å²) in [5, 5.41) is 2.64. The zero-order valence-corrected chi connectivity index (χ0v) is 20.2. The van der Waals surface area contributed by atoms with Crippen LogP contribution in [0.4, 0.5) is 4.79 Å². The molecule has 0 aliphatic carbocycles. The lowest BCUT2D eigenvalue weighted by Gasteiger charge is -2.24. The van der Waals surface area contributed by atoms with Gasteiger partial charge in [0.1, 0.15) is 5.60 Å². The van der Waals surface area contributed by atoms with Gasteiger partial charge in [0.05, 0.1) is 72.7 Å². The van der Waals surface area contributed by atoms with Gasteiger partial charge in [-0.05, 0) is 20.3 Å². The van der Waals surface area contributed by atoms with Crippen molar-refractivity contribution in [3.63, 3.8) is 0 Å². The van der Waals surface area contributed by atoms with E-state index < -0.39 is 11.7 Å². The Kier molecular flexibility index (Phi) is 22.0. The van der Waals surface area contributed by atoms with Crippen molar-refractivity contribution in [1.29, 1.82) is 0 Å². The highest BCUT2D eigenvalue weighted by Crippen LogP contribution is 2.14. The van der Waals surface area contributed by atoms with Crippen LogP contribution in [0.1, 0.15) is 33.6 Å². The molecule has 0 radical (unpaired) electrons. The van der Waals surface area contributed by atoms with Crippen LogP contribution in [0.25, 0.3) is 0 Å². The average Bonchev–Trinajstić information content (AvgIpc) is 2.71. The number of alkyl carbamates (subject to hydrolysis) is 1. The summed E-state index contributed by atoms with van der Waals surface area (Å²) in [6, 6.07) is 0. The van der Waals surface area contributed by atoms with E-state index in [4.69, 9.17) is 44.8 Å². The first-order valence-electron chi connectivity index (χ1n) is 11.0. The van der Waals surface area contributed by atoms with Crippen LogP contribution in [0.15, 0.2) is 0 Å². The lowest BCUT2D eigenvalue weighted by Crippen LogP contribution is -2.36. The number of carbonyl (C=O) groups excluding carboxylic acids is 1. The number of rotatable bonds is 23. The van der Waals surface area contributed by atoms with Crippen molar-refractivity contribution in [3.05, 3.63) is 0 Å². The minimum absolute atomic E-state index is 0.372. The average molecular weight is 472 g/mol. The summed E-state index contributed by atoms with van der Waals surface area (Å²) >= 11 is 5.67. The third kappa shape index (κ3) is 23.8. The van der Waals surface area contributed by atoms with E-state index in [0.29, 0.717) is 91.5 Å². The summed E-state index contributed by atoms with van der Waals surface area (Å²) in [5.41, 5.74) is -0.577. The first kappa shape index (κ1) is 30.3. The van der Waals surface area contributed by atoms with Gasteiger partial charge in [0, 0.05) is 25.5 Å². The number of alkyl halides is 1. The minimum Gasteiger partial charge on any atom is -0.443 e. The Morgan fingerprint density at radius 1 is 0.710 bits per heavy atom. The van der Waals surface area contributed by atoms with Gasteiger partial charge >= 0.3 is 6.09 Å². The molecule has 31 heavy (non-hydrogen) atoms. The predicted molar refractivity (Wildman–Crippen MR) is 119 cm³/mol.